The Morgan fingerprint density at radius 1 is 0.955 bits per heavy atom. The number of nitrogens with one attached hydrogen (secondary N) is 1. The fourth-order valence-corrected chi connectivity index (χ4v) is 6.26. The molecule has 236 valence electrons. The number of rotatable bonds is 12. The minimum atomic E-state index is -1.18. The Morgan fingerprint density at radius 3 is 2.32 bits per heavy atom. The first kappa shape index (κ1) is 33.1. The maximum atomic E-state index is 12.4. The third-order valence-electron chi connectivity index (χ3n) is 6.53. The number of fused-ring (bicyclic) bond motifs is 1. The zero-order chi connectivity index (χ0) is 31.8. The Hall–Kier alpha value is -3.81. The summed E-state index contributed by atoms with van der Waals surface area (Å²) in [7, 11) is 0. The number of halogens is 1. The van der Waals surface area contributed by atoms with Gasteiger partial charge in [-0.3, -0.25) is 19.2 Å². The second kappa shape index (κ2) is 15.3. The molecule has 0 saturated carbocycles. The van der Waals surface area contributed by atoms with Gasteiger partial charge in [0.25, 0.3) is 0 Å². The number of nitrogens with zero attached hydrogens (tertiary/aromatic N) is 2. The number of ether oxygens (including phenoxy) is 5. The van der Waals surface area contributed by atoms with Gasteiger partial charge >= 0.3 is 17.9 Å². The zero-order valence-electron chi connectivity index (χ0n) is 24.7. The van der Waals surface area contributed by atoms with Crippen molar-refractivity contribution in [3.8, 4) is 5.75 Å². The number of aromatic nitrogens is 2. The molecule has 12 nitrogen and oxygen atoms in total. The fraction of sp³-hybridized carbons (Fsp3) is 0.433. The quantitative estimate of drug-likeness (QED) is 0.174. The smallest absolute Gasteiger partial charge is 0.303 e. The molecule has 1 aliphatic heterocycles. The molecule has 1 aliphatic rings. The number of esters is 3. The molecular weight excluding hydrogens is 614 g/mol. The van der Waals surface area contributed by atoms with Gasteiger partial charge in [-0.05, 0) is 30.7 Å². The van der Waals surface area contributed by atoms with Gasteiger partial charge in [0.2, 0.25) is 5.91 Å². The van der Waals surface area contributed by atoms with E-state index < -0.39 is 53.6 Å². The van der Waals surface area contributed by atoms with Gasteiger partial charge in [-0.1, -0.05) is 47.6 Å². The molecule has 0 spiro atoms. The molecule has 3 aromatic rings. The molecule has 1 aromatic heterocycles. The average molecular weight is 648 g/mol. The predicted molar refractivity (Wildman–Crippen MR) is 161 cm³/mol. The third-order valence-corrected chi connectivity index (χ3v) is 8.00. The Kier molecular flexibility index (Phi) is 11.5. The lowest BCUT2D eigenvalue weighted by molar-refractivity contribution is -0.211. The topological polar surface area (TPSA) is 144 Å². The van der Waals surface area contributed by atoms with Crippen LogP contribution in [0.4, 0.5) is 0 Å². The fourth-order valence-electron chi connectivity index (χ4n) is 4.82. The summed E-state index contributed by atoms with van der Waals surface area (Å²) in [6.45, 7) is 5.57. The first-order valence-corrected chi connectivity index (χ1v) is 15.2. The van der Waals surface area contributed by atoms with Crippen LogP contribution in [-0.2, 0) is 44.7 Å². The van der Waals surface area contributed by atoms with E-state index in [9.17, 15) is 19.2 Å². The SMILES string of the molecule is CC(=O)N[C@H]1[C@@H](OC(C)=O)[C@H](OC(C)=O)[C@@H](COC(C)=O)O[C@H]1Sc1nc2ccccc2n1CCCOc1ccccc1Cl. The van der Waals surface area contributed by atoms with Crippen LogP contribution in [-0.4, -0.2) is 76.4 Å². The van der Waals surface area contributed by atoms with Crippen molar-refractivity contribution in [2.75, 3.05) is 13.2 Å². The second-order valence-corrected chi connectivity index (χ2v) is 11.5. The number of hydrogen-bond donors (Lipinski definition) is 1. The Labute approximate surface area is 263 Å². The van der Waals surface area contributed by atoms with Crippen LogP contribution in [0.1, 0.15) is 34.1 Å². The van der Waals surface area contributed by atoms with Crippen LogP contribution in [0.5, 0.6) is 5.75 Å². The van der Waals surface area contributed by atoms with Crippen molar-refractivity contribution in [1.82, 2.24) is 14.9 Å². The van der Waals surface area contributed by atoms with Crippen molar-refractivity contribution < 1.29 is 42.9 Å². The molecule has 1 amide bonds. The summed E-state index contributed by atoms with van der Waals surface area (Å²) in [5, 5.41) is 3.87. The standard InChI is InChI=1S/C30H34ClN3O9S/c1-17(35)32-26-28(42-20(4)38)27(41-19(3)37)25(16-40-18(2)36)43-29(26)44-30-33-22-11-6-7-12-23(22)34(30)14-9-15-39-24-13-8-5-10-21(24)31/h5-8,10-13,25-29H,9,14-16H2,1-4H3,(H,32,35)/t25-,26+,27-,28-,29+/m1/s1. The van der Waals surface area contributed by atoms with Crippen LogP contribution in [0.2, 0.25) is 5.02 Å². The normalized spacial score (nSPS) is 21.3. The number of hydrogen-bond acceptors (Lipinski definition) is 11. The van der Waals surface area contributed by atoms with E-state index in [1.54, 1.807) is 12.1 Å². The number of carbonyl (C=O) groups is 4. The maximum Gasteiger partial charge on any atom is 0.303 e. The first-order valence-electron chi connectivity index (χ1n) is 13.9. The molecular formula is C30H34ClN3O9S. The Bertz CT molecular complexity index is 1500. The van der Waals surface area contributed by atoms with Crippen molar-refractivity contribution in [2.24, 2.45) is 0 Å². The van der Waals surface area contributed by atoms with Gasteiger partial charge in [-0.2, -0.15) is 0 Å². The Morgan fingerprint density at radius 2 is 1.64 bits per heavy atom. The van der Waals surface area contributed by atoms with E-state index in [0.29, 0.717) is 35.5 Å². The van der Waals surface area contributed by atoms with Gasteiger partial charge < -0.3 is 33.6 Å². The summed E-state index contributed by atoms with van der Waals surface area (Å²) in [5.41, 5.74) is 0.704. The highest BCUT2D eigenvalue weighted by Gasteiger charge is 2.51. The molecule has 44 heavy (non-hydrogen) atoms. The van der Waals surface area contributed by atoms with E-state index >= 15 is 0 Å². The lowest BCUT2D eigenvalue weighted by Crippen LogP contribution is -2.65. The predicted octanol–water partition coefficient (Wildman–Crippen LogP) is 3.91. The number of benzene rings is 2. The van der Waals surface area contributed by atoms with Gasteiger partial charge in [0.15, 0.2) is 17.4 Å². The van der Waals surface area contributed by atoms with Gasteiger partial charge in [-0.25, -0.2) is 4.98 Å². The van der Waals surface area contributed by atoms with E-state index in [-0.39, 0.29) is 6.61 Å². The van der Waals surface area contributed by atoms with Crippen molar-refractivity contribution in [1.29, 1.82) is 0 Å². The van der Waals surface area contributed by atoms with Crippen LogP contribution < -0.4 is 10.1 Å². The first-order chi connectivity index (χ1) is 21.0. The molecule has 0 bridgehead atoms. The number of amides is 1. The summed E-state index contributed by atoms with van der Waals surface area (Å²) in [4.78, 5) is 53.1. The number of carbonyl (C=O) groups excluding carboxylic acids is 4. The number of imidazole rings is 1. The lowest BCUT2D eigenvalue weighted by Gasteiger charge is -2.44. The van der Waals surface area contributed by atoms with Crippen LogP contribution in [0.3, 0.4) is 0 Å². The molecule has 1 fully saturated rings. The van der Waals surface area contributed by atoms with E-state index in [2.05, 4.69) is 5.32 Å². The zero-order valence-corrected chi connectivity index (χ0v) is 26.3. The van der Waals surface area contributed by atoms with Gasteiger partial charge in [0, 0.05) is 34.2 Å². The molecule has 2 heterocycles. The minimum Gasteiger partial charge on any atom is -0.492 e. The Balaban J connectivity index is 1.65. The number of thioether (sulfide) groups is 1. The summed E-state index contributed by atoms with van der Waals surface area (Å²) >= 11 is 7.42. The summed E-state index contributed by atoms with van der Waals surface area (Å²) in [5.74, 6) is -1.74. The monoisotopic (exact) mass is 647 g/mol. The molecule has 2 aromatic carbocycles. The van der Waals surface area contributed by atoms with E-state index in [1.807, 2.05) is 41.0 Å². The summed E-state index contributed by atoms with van der Waals surface area (Å²) < 4.78 is 30.6. The van der Waals surface area contributed by atoms with E-state index in [4.69, 9.17) is 40.3 Å². The lowest BCUT2D eigenvalue weighted by atomic mass is 9.97. The molecule has 1 N–H and O–H groups in total. The van der Waals surface area contributed by atoms with Crippen LogP contribution in [0.25, 0.3) is 11.0 Å². The highest BCUT2D eigenvalue weighted by atomic mass is 35.5. The van der Waals surface area contributed by atoms with Crippen LogP contribution in [0, 0.1) is 0 Å². The number of para-hydroxylation sites is 3. The van der Waals surface area contributed by atoms with E-state index in [1.165, 1.54) is 39.5 Å². The molecule has 4 rings (SSSR count). The van der Waals surface area contributed by atoms with Crippen molar-refractivity contribution in [2.45, 2.75) is 75.6 Å². The average Bonchev–Trinajstić information content (AvgIpc) is 3.30. The van der Waals surface area contributed by atoms with Crippen LogP contribution >= 0.6 is 23.4 Å². The van der Waals surface area contributed by atoms with E-state index in [0.717, 1.165) is 11.0 Å². The van der Waals surface area contributed by atoms with Crippen molar-refractivity contribution >= 4 is 58.2 Å². The van der Waals surface area contributed by atoms with Crippen molar-refractivity contribution in [3.05, 3.63) is 53.6 Å². The highest BCUT2D eigenvalue weighted by molar-refractivity contribution is 7.99. The molecule has 0 unspecified atom stereocenters. The largest absolute Gasteiger partial charge is 0.492 e. The van der Waals surface area contributed by atoms with Crippen molar-refractivity contribution in [3.63, 3.8) is 0 Å². The molecule has 5 atom stereocenters. The second-order valence-electron chi connectivity index (χ2n) is 10.0. The van der Waals surface area contributed by atoms with Gasteiger partial charge in [0.1, 0.15) is 29.9 Å². The highest BCUT2D eigenvalue weighted by Crippen LogP contribution is 2.37. The molecule has 14 heteroatoms. The van der Waals surface area contributed by atoms with Crippen LogP contribution in [0.15, 0.2) is 53.7 Å². The summed E-state index contributed by atoms with van der Waals surface area (Å²) in [6, 6.07) is 13.9. The maximum absolute atomic E-state index is 12.4. The molecule has 0 aliphatic carbocycles. The molecule has 1 saturated heterocycles. The van der Waals surface area contributed by atoms with Gasteiger partial charge in [0.05, 0.1) is 22.7 Å². The molecule has 0 radical (unpaired) electrons. The number of aryl methyl sites for hydroxylation is 1. The minimum absolute atomic E-state index is 0.287. The van der Waals surface area contributed by atoms with Gasteiger partial charge in [-0.15, -0.1) is 0 Å². The third kappa shape index (κ3) is 8.64. The summed E-state index contributed by atoms with van der Waals surface area (Å²) in [6.07, 6.45) is -2.74.